The average Bonchev–Trinajstić information content (AvgIpc) is 3.41. The van der Waals surface area contributed by atoms with Crippen LogP contribution in [0, 0.1) is 11.8 Å². The van der Waals surface area contributed by atoms with Gasteiger partial charge in [-0.3, -0.25) is 9.59 Å². The number of nitrogens with zero attached hydrogens (tertiary/aromatic N) is 1. The summed E-state index contributed by atoms with van der Waals surface area (Å²) in [5.41, 5.74) is 1.43. The van der Waals surface area contributed by atoms with Gasteiger partial charge in [-0.05, 0) is 36.5 Å². The number of carbonyl (C=O) groups excluding carboxylic acids is 2. The number of ether oxygens (including phenoxy) is 1. The summed E-state index contributed by atoms with van der Waals surface area (Å²) in [6, 6.07) is 6.77. The highest BCUT2D eigenvalue weighted by atomic mass is 16.5. The Balaban J connectivity index is 1.68. The highest BCUT2D eigenvalue weighted by Gasteiger charge is 2.35. The Labute approximate surface area is 148 Å². The van der Waals surface area contributed by atoms with E-state index in [4.69, 9.17) is 4.74 Å². The number of benzene rings is 1. The Bertz CT molecular complexity index is 625. The van der Waals surface area contributed by atoms with Crippen LogP contribution < -0.4 is 5.32 Å². The standard InChI is InChI=1S/C19H26N2O4/c1-12(2)9-21-16(10-25-11-17(21)22)18(23)13-5-7-15(8-6-13)20-19(24)14-3-4-14/h5-8,12,14,16,18,23H,3-4,9-11H2,1-2H3,(H,20,24)/t16-,18-/m1/s1. The quantitative estimate of drug-likeness (QED) is 0.825. The van der Waals surface area contributed by atoms with Gasteiger partial charge in [-0.25, -0.2) is 0 Å². The second-order valence-electron chi connectivity index (χ2n) is 7.35. The number of hydrogen-bond donors (Lipinski definition) is 2. The molecule has 1 aromatic rings. The summed E-state index contributed by atoms with van der Waals surface area (Å²) in [5.74, 6) is 0.442. The maximum absolute atomic E-state index is 12.2. The van der Waals surface area contributed by atoms with Crippen molar-refractivity contribution in [3.63, 3.8) is 0 Å². The molecule has 136 valence electrons. The van der Waals surface area contributed by atoms with Crippen molar-refractivity contribution in [2.45, 2.75) is 38.8 Å². The zero-order chi connectivity index (χ0) is 18.0. The molecule has 1 heterocycles. The molecule has 0 unspecified atom stereocenters. The van der Waals surface area contributed by atoms with E-state index >= 15 is 0 Å². The van der Waals surface area contributed by atoms with E-state index in [1.54, 1.807) is 29.2 Å². The first-order chi connectivity index (χ1) is 12.0. The van der Waals surface area contributed by atoms with Crippen LogP contribution in [0.25, 0.3) is 0 Å². The third-order valence-corrected chi connectivity index (χ3v) is 4.63. The third-order valence-electron chi connectivity index (χ3n) is 4.63. The van der Waals surface area contributed by atoms with E-state index < -0.39 is 12.1 Å². The SMILES string of the molecule is CC(C)CN1C(=O)COC[C@@H]1[C@H](O)c1ccc(NC(=O)C2CC2)cc1. The maximum Gasteiger partial charge on any atom is 0.249 e. The average molecular weight is 346 g/mol. The largest absolute Gasteiger partial charge is 0.386 e. The van der Waals surface area contributed by atoms with Crippen molar-refractivity contribution >= 4 is 17.5 Å². The lowest BCUT2D eigenvalue weighted by molar-refractivity contribution is -0.155. The lowest BCUT2D eigenvalue weighted by atomic mass is 9.99. The molecule has 6 heteroatoms. The van der Waals surface area contributed by atoms with Crippen molar-refractivity contribution in [2.24, 2.45) is 11.8 Å². The Hall–Kier alpha value is -1.92. The lowest BCUT2D eigenvalue weighted by Gasteiger charge is -2.39. The molecule has 1 aliphatic carbocycles. The molecule has 1 saturated carbocycles. The summed E-state index contributed by atoms with van der Waals surface area (Å²) in [6.45, 7) is 5.08. The van der Waals surface area contributed by atoms with Gasteiger partial charge in [0.05, 0.1) is 12.6 Å². The number of hydrogen-bond acceptors (Lipinski definition) is 4. The number of amides is 2. The molecule has 1 aliphatic heterocycles. The first-order valence-electron chi connectivity index (χ1n) is 8.92. The molecule has 0 aromatic heterocycles. The first-order valence-corrected chi connectivity index (χ1v) is 8.92. The Morgan fingerprint density at radius 1 is 1.32 bits per heavy atom. The Morgan fingerprint density at radius 2 is 2.00 bits per heavy atom. The number of aliphatic hydroxyl groups is 1. The van der Waals surface area contributed by atoms with E-state index in [1.807, 2.05) is 13.8 Å². The van der Waals surface area contributed by atoms with Crippen molar-refractivity contribution in [1.82, 2.24) is 4.90 Å². The minimum absolute atomic E-state index is 0.0580. The van der Waals surface area contributed by atoms with Crippen LogP contribution in [0.2, 0.25) is 0 Å². The maximum atomic E-state index is 12.2. The number of carbonyl (C=O) groups is 2. The summed E-state index contributed by atoms with van der Waals surface area (Å²) in [6.07, 6.45) is 1.10. The minimum atomic E-state index is -0.823. The van der Waals surface area contributed by atoms with Crippen LogP contribution >= 0.6 is 0 Å². The van der Waals surface area contributed by atoms with Gasteiger partial charge in [0.2, 0.25) is 11.8 Å². The molecule has 2 aliphatic rings. The summed E-state index contributed by atoms with van der Waals surface area (Å²) >= 11 is 0. The molecule has 0 bridgehead atoms. The summed E-state index contributed by atoms with van der Waals surface area (Å²) in [4.78, 5) is 25.7. The second kappa shape index (κ2) is 7.54. The molecule has 2 amide bonds. The molecule has 0 spiro atoms. The molecule has 6 nitrogen and oxygen atoms in total. The van der Waals surface area contributed by atoms with E-state index in [2.05, 4.69) is 5.32 Å². The van der Waals surface area contributed by atoms with Crippen LogP contribution in [0.5, 0.6) is 0 Å². The molecule has 2 N–H and O–H groups in total. The Kier molecular flexibility index (Phi) is 5.39. The second-order valence-corrected chi connectivity index (χ2v) is 7.35. The first kappa shape index (κ1) is 17.9. The van der Waals surface area contributed by atoms with Gasteiger partial charge in [0.25, 0.3) is 0 Å². The highest BCUT2D eigenvalue weighted by Crippen LogP contribution is 2.31. The zero-order valence-electron chi connectivity index (χ0n) is 14.8. The van der Waals surface area contributed by atoms with E-state index in [-0.39, 0.29) is 24.3 Å². The van der Waals surface area contributed by atoms with E-state index in [1.165, 1.54) is 0 Å². The number of morpholine rings is 1. The van der Waals surface area contributed by atoms with Gasteiger partial charge in [0.15, 0.2) is 0 Å². The lowest BCUT2D eigenvalue weighted by Crippen LogP contribution is -2.53. The van der Waals surface area contributed by atoms with Crippen molar-refractivity contribution in [3.8, 4) is 0 Å². The van der Waals surface area contributed by atoms with Gasteiger partial charge in [0, 0.05) is 18.2 Å². The van der Waals surface area contributed by atoms with Crippen molar-refractivity contribution in [2.75, 3.05) is 25.1 Å². The Morgan fingerprint density at radius 3 is 2.60 bits per heavy atom. The summed E-state index contributed by atoms with van der Waals surface area (Å²) < 4.78 is 5.35. The number of rotatable bonds is 6. The minimum Gasteiger partial charge on any atom is -0.386 e. The molecule has 0 radical (unpaired) electrons. The van der Waals surface area contributed by atoms with Gasteiger partial charge < -0.3 is 20.1 Å². The predicted molar refractivity (Wildman–Crippen MR) is 93.9 cm³/mol. The molecule has 3 rings (SSSR count). The smallest absolute Gasteiger partial charge is 0.249 e. The molecule has 1 aromatic carbocycles. The molecule has 2 fully saturated rings. The fraction of sp³-hybridized carbons (Fsp3) is 0.579. The van der Waals surface area contributed by atoms with Crippen LogP contribution in [-0.4, -0.2) is 47.6 Å². The fourth-order valence-electron chi connectivity index (χ4n) is 3.09. The summed E-state index contributed by atoms with van der Waals surface area (Å²) in [5, 5.41) is 13.6. The van der Waals surface area contributed by atoms with Gasteiger partial charge >= 0.3 is 0 Å². The predicted octanol–water partition coefficient (Wildman–Crippen LogP) is 1.95. The summed E-state index contributed by atoms with van der Waals surface area (Å²) in [7, 11) is 0. The van der Waals surface area contributed by atoms with E-state index in [0.717, 1.165) is 18.5 Å². The molecular weight excluding hydrogens is 320 g/mol. The van der Waals surface area contributed by atoms with Crippen LogP contribution in [-0.2, 0) is 14.3 Å². The fourth-order valence-corrected chi connectivity index (χ4v) is 3.09. The van der Waals surface area contributed by atoms with E-state index in [0.29, 0.717) is 24.6 Å². The highest BCUT2D eigenvalue weighted by molar-refractivity contribution is 5.94. The van der Waals surface area contributed by atoms with Gasteiger partial charge in [-0.2, -0.15) is 0 Å². The van der Waals surface area contributed by atoms with Crippen LogP contribution in [0.4, 0.5) is 5.69 Å². The van der Waals surface area contributed by atoms with Gasteiger partial charge in [-0.1, -0.05) is 26.0 Å². The van der Waals surface area contributed by atoms with E-state index in [9.17, 15) is 14.7 Å². The zero-order valence-corrected chi connectivity index (χ0v) is 14.8. The molecular formula is C19H26N2O4. The van der Waals surface area contributed by atoms with Crippen molar-refractivity contribution < 1.29 is 19.4 Å². The van der Waals surface area contributed by atoms with Crippen LogP contribution in [0.1, 0.15) is 38.4 Å². The normalized spacial score (nSPS) is 22.2. The monoisotopic (exact) mass is 346 g/mol. The number of nitrogens with one attached hydrogen (secondary N) is 1. The van der Waals surface area contributed by atoms with Gasteiger partial charge in [0.1, 0.15) is 12.7 Å². The molecule has 1 saturated heterocycles. The van der Waals surface area contributed by atoms with Crippen molar-refractivity contribution in [1.29, 1.82) is 0 Å². The van der Waals surface area contributed by atoms with Crippen LogP contribution in [0.3, 0.4) is 0 Å². The van der Waals surface area contributed by atoms with Gasteiger partial charge in [-0.15, -0.1) is 0 Å². The number of anilines is 1. The molecule has 2 atom stereocenters. The number of aliphatic hydroxyl groups excluding tert-OH is 1. The molecule has 25 heavy (non-hydrogen) atoms. The van der Waals surface area contributed by atoms with Crippen LogP contribution in [0.15, 0.2) is 24.3 Å². The topological polar surface area (TPSA) is 78.9 Å². The third kappa shape index (κ3) is 4.38. The van der Waals surface area contributed by atoms with Crippen molar-refractivity contribution in [3.05, 3.63) is 29.8 Å².